The molecule has 1 unspecified atom stereocenters. The summed E-state index contributed by atoms with van der Waals surface area (Å²) in [5.41, 5.74) is 1.38. The van der Waals surface area contributed by atoms with Gasteiger partial charge in [-0.1, -0.05) is 11.6 Å². The van der Waals surface area contributed by atoms with Crippen LogP contribution in [0.25, 0.3) is 0 Å². The maximum absolute atomic E-state index is 12.5. The predicted octanol–water partition coefficient (Wildman–Crippen LogP) is 3.02. The van der Waals surface area contributed by atoms with Crippen LogP contribution in [0.2, 0.25) is 5.02 Å². The Balaban J connectivity index is 2.07. The average molecular weight is 297 g/mol. The molecule has 1 aliphatic rings. The lowest BCUT2D eigenvalue weighted by Crippen LogP contribution is -2.37. The monoisotopic (exact) mass is 296 g/mol. The Morgan fingerprint density at radius 2 is 2.30 bits per heavy atom. The number of nitrogens with zero attached hydrogens (tertiary/aromatic N) is 1. The zero-order chi connectivity index (χ0) is 14.5. The number of halogens is 1. The molecular weight excluding hydrogens is 276 g/mol. The van der Waals surface area contributed by atoms with Gasteiger partial charge in [-0.3, -0.25) is 4.79 Å². The number of rotatable bonds is 4. The van der Waals surface area contributed by atoms with Gasteiger partial charge in [-0.15, -0.1) is 0 Å². The molecule has 5 heteroatoms. The van der Waals surface area contributed by atoms with Gasteiger partial charge in [-0.05, 0) is 37.5 Å². The lowest BCUT2D eigenvalue weighted by atomic mass is 10.1. The predicted molar refractivity (Wildman–Crippen MR) is 81.6 cm³/mol. The third-order valence-electron chi connectivity index (χ3n) is 3.58. The van der Waals surface area contributed by atoms with Crippen molar-refractivity contribution in [1.82, 2.24) is 4.90 Å². The normalized spacial score (nSPS) is 18.6. The number of ether oxygens (including phenoxy) is 1. The molecule has 0 bridgehead atoms. The minimum Gasteiger partial charge on any atom is -0.387 e. The molecule has 1 atom stereocenters. The summed E-state index contributed by atoms with van der Waals surface area (Å²) in [6, 6.07) is 5.29. The minimum absolute atomic E-state index is 0.0361. The van der Waals surface area contributed by atoms with Crippen LogP contribution in [0.4, 0.5) is 5.69 Å². The van der Waals surface area contributed by atoms with E-state index in [-0.39, 0.29) is 12.0 Å². The average Bonchev–Trinajstić information content (AvgIpc) is 2.47. The molecular formula is C15H21ClN2O2. The fraction of sp³-hybridized carbons (Fsp3) is 0.533. The van der Waals surface area contributed by atoms with Crippen LogP contribution in [0.3, 0.4) is 0 Å². The van der Waals surface area contributed by atoms with Gasteiger partial charge in [0.15, 0.2) is 0 Å². The lowest BCUT2D eigenvalue weighted by Gasteiger charge is -2.28. The molecule has 110 valence electrons. The minimum atomic E-state index is -0.0361. The van der Waals surface area contributed by atoms with Gasteiger partial charge < -0.3 is 15.0 Å². The van der Waals surface area contributed by atoms with Gasteiger partial charge >= 0.3 is 0 Å². The highest BCUT2D eigenvalue weighted by molar-refractivity contribution is 6.31. The molecule has 4 nitrogen and oxygen atoms in total. The second kappa shape index (κ2) is 6.95. The molecule has 1 aliphatic heterocycles. The Morgan fingerprint density at radius 3 is 2.95 bits per heavy atom. The van der Waals surface area contributed by atoms with E-state index in [4.69, 9.17) is 16.3 Å². The molecule has 0 aromatic heterocycles. The molecule has 20 heavy (non-hydrogen) atoms. The summed E-state index contributed by atoms with van der Waals surface area (Å²) in [5.74, 6) is -0.0361. The molecule has 0 aliphatic carbocycles. The number of hydrogen-bond donors (Lipinski definition) is 1. The molecule has 1 fully saturated rings. The van der Waals surface area contributed by atoms with E-state index in [0.29, 0.717) is 17.1 Å². The van der Waals surface area contributed by atoms with Crippen molar-refractivity contribution in [2.45, 2.75) is 25.4 Å². The van der Waals surface area contributed by atoms with Gasteiger partial charge in [0.2, 0.25) is 0 Å². The largest absolute Gasteiger partial charge is 0.387 e. The fourth-order valence-corrected chi connectivity index (χ4v) is 2.63. The van der Waals surface area contributed by atoms with Crippen molar-refractivity contribution in [3.05, 3.63) is 28.8 Å². The van der Waals surface area contributed by atoms with Crippen molar-refractivity contribution in [3.8, 4) is 0 Å². The number of carbonyl (C=O) groups is 1. The first-order valence-corrected chi connectivity index (χ1v) is 7.34. The first-order valence-electron chi connectivity index (χ1n) is 6.96. The maximum Gasteiger partial charge on any atom is 0.255 e. The maximum atomic E-state index is 12.5. The molecule has 1 aromatic carbocycles. The van der Waals surface area contributed by atoms with Crippen LogP contribution < -0.4 is 5.32 Å². The summed E-state index contributed by atoms with van der Waals surface area (Å²) in [6.45, 7) is 1.42. The van der Waals surface area contributed by atoms with E-state index in [1.807, 2.05) is 6.07 Å². The summed E-state index contributed by atoms with van der Waals surface area (Å²) >= 11 is 5.99. The molecule has 1 aromatic rings. The molecule has 2 rings (SSSR count). The Morgan fingerprint density at radius 1 is 1.50 bits per heavy atom. The van der Waals surface area contributed by atoms with Crippen molar-refractivity contribution in [2.24, 2.45) is 0 Å². The number of nitrogens with one attached hydrogen (secondary N) is 1. The Bertz CT molecular complexity index is 473. The first-order chi connectivity index (χ1) is 9.61. The van der Waals surface area contributed by atoms with E-state index in [2.05, 4.69) is 5.32 Å². The summed E-state index contributed by atoms with van der Waals surface area (Å²) in [7, 11) is 3.60. The van der Waals surface area contributed by atoms with Gasteiger partial charge in [0, 0.05) is 38.0 Å². The zero-order valence-electron chi connectivity index (χ0n) is 12.0. The van der Waals surface area contributed by atoms with E-state index >= 15 is 0 Å². The van der Waals surface area contributed by atoms with Crippen molar-refractivity contribution in [1.29, 1.82) is 0 Å². The number of benzene rings is 1. The highest BCUT2D eigenvalue weighted by Crippen LogP contribution is 2.22. The number of carbonyl (C=O) groups excluding carboxylic acids is 1. The highest BCUT2D eigenvalue weighted by atomic mass is 35.5. The van der Waals surface area contributed by atoms with E-state index < -0.39 is 0 Å². The van der Waals surface area contributed by atoms with Gasteiger partial charge in [0.05, 0.1) is 11.7 Å². The number of likely N-dealkylation sites (N-methyl/N-ethyl adjacent to an activating group) is 1. The molecule has 1 amide bonds. The van der Waals surface area contributed by atoms with Crippen LogP contribution in [-0.2, 0) is 4.74 Å². The van der Waals surface area contributed by atoms with Gasteiger partial charge in [-0.25, -0.2) is 0 Å². The zero-order valence-corrected chi connectivity index (χ0v) is 12.7. The van der Waals surface area contributed by atoms with Crippen LogP contribution in [0.5, 0.6) is 0 Å². The van der Waals surface area contributed by atoms with Crippen molar-refractivity contribution in [2.75, 3.05) is 32.6 Å². The smallest absolute Gasteiger partial charge is 0.255 e. The van der Waals surface area contributed by atoms with Gasteiger partial charge in [-0.2, -0.15) is 0 Å². The summed E-state index contributed by atoms with van der Waals surface area (Å²) in [5, 5.41) is 3.59. The quantitative estimate of drug-likeness (QED) is 0.928. The van der Waals surface area contributed by atoms with E-state index in [9.17, 15) is 4.79 Å². The molecule has 0 saturated carbocycles. The fourth-order valence-electron chi connectivity index (χ4n) is 2.46. The SMILES string of the molecule is CNc1ccc(Cl)cc1C(=O)N(C)CC1CCCCO1. The van der Waals surface area contributed by atoms with Crippen LogP contribution in [0.15, 0.2) is 18.2 Å². The summed E-state index contributed by atoms with van der Waals surface area (Å²) < 4.78 is 5.68. The van der Waals surface area contributed by atoms with Gasteiger partial charge in [0.1, 0.15) is 0 Å². The third kappa shape index (κ3) is 3.64. The van der Waals surface area contributed by atoms with Gasteiger partial charge in [0.25, 0.3) is 5.91 Å². The van der Waals surface area contributed by atoms with Crippen molar-refractivity contribution in [3.63, 3.8) is 0 Å². The third-order valence-corrected chi connectivity index (χ3v) is 3.81. The molecule has 1 N–H and O–H groups in total. The second-order valence-corrected chi connectivity index (χ2v) is 5.55. The van der Waals surface area contributed by atoms with Crippen LogP contribution in [0.1, 0.15) is 29.6 Å². The van der Waals surface area contributed by atoms with E-state index in [1.165, 1.54) is 6.42 Å². The van der Waals surface area contributed by atoms with E-state index in [1.54, 1.807) is 31.1 Å². The van der Waals surface area contributed by atoms with E-state index in [0.717, 1.165) is 25.1 Å². The molecule has 0 radical (unpaired) electrons. The standard InChI is InChI=1S/C15H21ClN2O2/c1-17-14-7-6-11(16)9-13(14)15(19)18(2)10-12-5-3-4-8-20-12/h6-7,9,12,17H,3-5,8,10H2,1-2H3. The Hall–Kier alpha value is -1.26. The van der Waals surface area contributed by atoms with Crippen LogP contribution in [-0.4, -0.2) is 44.2 Å². The summed E-state index contributed by atoms with van der Waals surface area (Å²) in [4.78, 5) is 14.2. The molecule has 1 saturated heterocycles. The molecule has 0 spiro atoms. The number of anilines is 1. The van der Waals surface area contributed by atoms with Crippen LogP contribution in [0, 0.1) is 0 Å². The Labute approximate surface area is 125 Å². The molecule has 1 heterocycles. The highest BCUT2D eigenvalue weighted by Gasteiger charge is 2.21. The van der Waals surface area contributed by atoms with Crippen molar-refractivity contribution >= 4 is 23.2 Å². The second-order valence-electron chi connectivity index (χ2n) is 5.11. The lowest BCUT2D eigenvalue weighted by molar-refractivity contribution is -0.000170. The van der Waals surface area contributed by atoms with Crippen molar-refractivity contribution < 1.29 is 9.53 Å². The first kappa shape index (κ1) is 15.1. The number of amides is 1. The summed E-state index contributed by atoms with van der Waals surface area (Å²) in [6.07, 6.45) is 3.46. The Kier molecular flexibility index (Phi) is 5.26. The van der Waals surface area contributed by atoms with Crippen LogP contribution >= 0.6 is 11.6 Å². The topological polar surface area (TPSA) is 41.6 Å². The number of hydrogen-bond acceptors (Lipinski definition) is 3.